The molecule has 1 aliphatic heterocycles. The fraction of sp³-hybridized carbons (Fsp3) is 0.0435. The van der Waals surface area contributed by atoms with Gasteiger partial charge in [0.25, 0.3) is 11.1 Å². The van der Waals surface area contributed by atoms with E-state index in [-0.39, 0.29) is 22.4 Å². The van der Waals surface area contributed by atoms with Gasteiger partial charge in [0.15, 0.2) is 0 Å². The van der Waals surface area contributed by atoms with Crippen LogP contribution < -0.4 is 0 Å². The second-order valence-electron chi connectivity index (χ2n) is 6.78. The molecule has 32 heavy (non-hydrogen) atoms. The number of nitrogens with zero attached hydrogens (tertiary/aromatic N) is 3. The summed E-state index contributed by atoms with van der Waals surface area (Å²) in [6.07, 6.45) is 1.48. The molecule has 0 spiro atoms. The lowest BCUT2D eigenvalue weighted by molar-refractivity contribution is -0.123. The van der Waals surface area contributed by atoms with Crippen LogP contribution in [0.15, 0.2) is 86.3 Å². The third kappa shape index (κ3) is 5.09. The first-order valence-electron chi connectivity index (χ1n) is 9.40. The lowest BCUT2D eigenvalue weighted by Crippen LogP contribution is -2.27. The van der Waals surface area contributed by atoms with Gasteiger partial charge in [0, 0.05) is 15.1 Å². The van der Waals surface area contributed by atoms with Crippen molar-refractivity contribution >= 4 is 67.9 Å². The first-order valence-corrected chi connectivity index (χ1v) is 11.4. The van der Waals surface area contributed by atoms with Crippen LogP contribution in [0.3, 0.4) is 0 Å². The Hall–Kier alpha value is -2.94. The molecule has 0 aromatic heterocycles. The number of halogens is 2. The maximum atomic E-state index is 12.8. The standard InChI is InChI=1S/C23H15BrClN3O3S/c24-19-7-2-1-4-14(19)13-28-22(30)21(32-23(28)31)11-15-10-18(8-9-20(15)29)27-26-17-6-3-5-16(25)12-17/h1-12,29H,13H2/b21-11-,27-26?. The normalized spacial score (nSPS) is 15.3. The summed E-state index contributed by atoms with van der Waals surface area (Å²) in [6.45, 7) is 0.156. The molecule has 160 valence electrons. The fourth-order valence-corrected chi connectivity index (χ4v) is 4.37. The van der Waals surface area contributed by atoms with Crippen LogP contribution in [-0.4, -0.2) is 21.2 Å². The number of phenols is 1. The van der Waals surface area contributed by atoms with E-state index in [1.807, 2.05) is 24.3 Å². The number of thioether (sulfide) groups is 1. The molecule has 1 aliphatic rings. The number of imide groups is 1. The summed E-state index contributed by atoms with van der Waals surface area (Å²) in [5.74, 6) is -0.453. The molecule has 0 unspecified atom stereocenters. The predicted molar refractivity (Wildman–Crippen MR) is 129 cm³/mol. The quantitative estimate of drug-likeness (QED) is 0.275. The van der Waals surface area contributed by atoms with Crippen LogP contribution in [0.25, 0.3) is 6.08 Å². The molecule has 4 rings (SSSR count). The van der Waals surface area contributed by atoms with Gasteiger partial charge in [0.1, 0.15) is 5.75 Å². The van der Waals surface area contributed by atoms with Gasteiger partial charge >= 0.3 is 0 Å². The number of hydrogen-bond donors (Lipinski definition) is 1. The van der Waals surface area contributed by atoms with Crippen molar-refractivity contribution in [2.45, 2.75) is 6.54 Å². The van der Waals surface area contributed by atoms with Crippen molar-refractivity contribution < 1.29 is 14.7 Å². The summed E-state index contributed by atoms with van der Waals surface area (Å²) in [6, 6.07) is 19.0. The summed E-state index contributed by atoms with van der Waals surface area (Å²) in [5.41, 5.74) is 2.24. The van der Waals surface area contributed by atoms with Crippen molar-refractivity contribution in [1.29, 1.82) is 0 Å². The van der Waals surface area contributed by atoms with Gasteiger partial charge < -0.3 is 5.11 Å². The average Bonchev–Trinajstić information content (AvgIpc) is 3.03. The SMILES string of the molecule is O=C1S/C(=C\c2cc(N=Nc3cccc(Cl)c3)ccc2O)C(=O)N1Cc1ccccc1Br. The van der Waals surface area contributed by atoms with Crippen LogP contribution in [-0.2, 0) is 11.3 Å². The minimum Gasteiger partial charge on any atom is -0.507 e. The molecule has 6 nitrogen and oxygen atoms in total. The van der Waals surface area contributed by atoms with E-state index in [4.69, 9.17) is 11.6 Å². The van der Waals surface area contributed by atoms with E-state index in [0.717, 1.165) is 21.8 Å². The maximum Gasteiger partial charge on any atom is 0.293 e. The van der Waals surface area contributed by atoms with E-state index in [2.05, 4.69) is 26.2 Å². The Morgan fingerprint density at radius 1 is 1.00 bits per heavy atom. The number of azo groups is 1. The zero-order chi connectivity index (χ0) is 22.7. The zero-order valence-corrected chi connectivity index (χ0v) is 19.6. The highest BCUT2D eigenvalue weighted by Crippen LogP contribution is 2.36. The summed E-state index contributed by atoms with van der Waals surface area (Å²) in [5, 5.41) is 18.7. The number of carbonyl (C=O) groups excluding carboxylic acids is 2. The number of phenolic OH excluding ortho intramolecular Hbond substituents is 1. The molecule has 1 fully saturated rings. The average molecular weight is 529 g/mol. The van der Waals surface area contributed by atoms with Crippen LogP contribution in [0.2, 0.25) is 5.02 Å². The minimum absolute atomic E-state index is 0.0377. The molecule has 0 saturated carbocycles. The molecule has 1 N–H and O–H groups in total. The smallest absolute Gasteiger partial charge is 0.293 e. The highest BCUT2D eigenvalue weighted by atomic mass is 79.9. The first kappa shape index (κ1) is 22.3. The Labute approximate surface area is 201 Å². The summed E-state index contributed by atoms with van der Waals surface area (Å²) >= 11 is 10.2. The highest BCUT2D eigenvalue weighted by Gasteiger charge is 2.35. The van der Waals surface area contributed by atoms with Gasteiger partial charge in [-0.3, -0.25) is 14.5 Å². The molecular weight excluding hydrogens is 514 g/mol. The van der Waals surface area contributed by atoms with Gasteiger partial charge in [-0.25, -0.2) is 0 Å². The van der Waals surface area contributed by atoms with Crippen LogP contribution in [0.1, 0.15) is 11.1 Å². The van der Waals surface area contributed by atoms with E-state index < -0.39 is 5.91 Å². The molecule has 2 amide bonds. The van der Waals surface area contributed by atoms with Crippen molar-refractivity contribution in [1.82, 2.24) is 4.90 Å². The van der Waals surface area contributed by atoms with Gasteiger partial charge in [0.05, 0.1) is 22.8 Å². The van der Waals surface area contributed by atoms with E-state index in [1.54, 1.807) is 36.4 Å². The Morgan fingerprint density at radius 2 is 1.75 bits per heavy atom. The van der Waals surface area contributed by atoms with E-state index in [0.29, 0.717) is 22.0 Å². The Bertz CT molecular complexity index is 1280. The number of aromatic hydroxyl groups is 1. The second kappa shape index (κ2) is 9.68. The Morgan fingerprint density at radius 3 is 2.50 bits per heavy atom. The van der Waals surface area contributed by atoms with Gasteiger partial charge in [-0.2, -0.15) is 10.2 Å². The van der Waals surface area contributed by atoms with Gasteiger partial charge in [0.2, 0.25) is 0 Å². The summed E-state index contributed by atoms with van der Waals surface area (Å²) in [7, 11) is 0. The second-order valence-corrected chi connectivity index (χ2v) is 9.07. The van der Waals surface area contributed by atoms with Gasteiger partial charge in [-0.1, -0.05) is 51.8 Å². The van der Waals surface area contributed by atoms with E-state index in [1.165, 1.54) is 17.0 Å². The number of amides is 2. The van der Waals surface area contributed by atoms with Crippen molar-refractivity contribution in [3.05, 3.63) is 92.3 Å². The molecule has 1 saturated heterocycles. The Kier molecular flexibility index (Phi) is 6.74. The summed E-state index contributed by atoms with van der Waals surface area (Å²) < 4.78 is 0.818. The van der Waals surface area contributed by atoms with Crippen molar-refractivity contribution in [2.24, 2.45) is 10.2 Å². The zero-order valence-electron chi connectivity index (χ0n) is 16.4. The number of rotatable bonds is 5. The molecule has 3 aromatic rings. The third-order valence-corrected chi connectivity index (χ3v) is 6.46. The van der Waals surface area contributed by atoms with Gasteiger partial charge in [-0.15, -0.1) is 0 Å². The number of benzene rings is 3. The minimum atomic E-state index is -0.416. The number of hydrogen-bond acceptors (Lipinski definition) is 6. The predicted octanol–water partition coefficient (Wildman–Crippen LogP) is 7.46. The van der Waals surface area contributed by atoms with Crippen molar-refractivity contribution in [3.63, 3.8) is 0 Å². The molecule has 0 aliphatic carbocycles. The monoisotopic (exact) mass is 527 g/mol. The summed E-state index contributed by atoms with van der Waals surface area (Å²) in [4.78, 5) is 26.7. The largest absolute Gasteiger partial charge is 0.507 e. The topological polar surface area (TPSA) is 82.3 Å². The molecule has 1 heterocycles. The molecule has 0 bridgehead atoms. The Balaban J connectivity index is 1.57. The van der Waals surface area contributed by atoms with Crippen LogP contribution in [0.4, 0.5) is 16.2 Å². The first-order chi connectivity index (χ1) is 15.4. The van der Waals surface area contributed by atoms with Crippen LogP contribution in [0.5, 0.6) is 5.75 Å². The molecule has 0 atom stereocenters. The van der Waals surface area contributed by atoms with Gasteiger partial charge in [-0.05, 0) is 65.9 Å². The number of carbonyl (C=O) groups is 2. The van der Waals surface area contributed by atoms with E-state index >= 15 is 0 Å². The van der Waals surface area contributed by atoms with E-state index in [9.17, 15) is 14.7 Å². The molecule has 0 radical (unpaired) electrons. The third-order valence-electron chi connectivity index (χ3n) is 4.55. The lowest BCUT2D eigenvalue weighted by atomic mass is 10.1. The van der Waals surface area contributed by atoms with Crippen molar-refractivity contribution in [3.8, 4) is 5.75 Å². The fourth-order valence-electron chi connectivity index (χ4n) is 2.95. The van der Waals surface area contributed by atoms with Crippen molar-refractivity contribution in [2.75, 3.05) is 0 Å². The molecule has 3 aromatic carbocycles. The molecule has 9 heteroatoms. The molecular formula is C23H15BrClN3O3S. The highest BCUT2D eigenvalue weighted by molar-refractivity contribution is 9.10. The maximum absolute atomic E-state index is 12.8. The van der Waals surface area contributed by atoms with Crippen LogP contribution >= 0.6 is 39.3 Å². The lowest BCUT2D eigenvalue weighted by Gasteiger charge is -2.13. The van der Waals surface area contributed by atoms with Crippen LogP contribution in [0, 0.1) is 0 Å².